The summed E-state index contributed by atoms with van der Waals surface area (Å²) < 4.78 is 9.41. The standard InChI is InChI=1S/C16H20ClN3O2/c1-11-7-12(8-19(2)16(11)21)15-18-14(17)10-20(15)9-13-5-3-4-6-22-13/h7-8,10,13H,3-6,9H2,1-2H3. The summed E-state index contributed by atoms with van der Waals surface area (Å²) in [4.78, 5) is 16.3. The summed E-state index contributed by atoms with van der Waals surface area (Å²) >= 11 is 6.10. The van der Waals surface area contributed by atoms with Crippen LogP contribution in [-0.2, 0) is 18.3 Å². The second-order valence-electron chi connectivity index (χ2n) is 5.86. The average molecular weight is 322 g/mol. The molecule has 3 heterocycles. The molecule has 0 aromatic carbocycles. The fourth-order valence-corrected chi connectivity index (χ4v) is 3.12. The Morgan fingerprint density at radius 3 is 2.91 bits per heavy atom. The minimum atomic E-state index is 0.00330. The van der Waals surface area contributed by atoms with Crippen molar-refractivity contribution in [3.63, 3.8) is 0 Å². The fourth-order valence-electron chi connectivity index (χ4n) is 2.92. The third-order valence-corrected chi connectivity index (χ3v) is 4.22. The van der Waals surface area contributed by atoms with Crippen LogP contribution in [0.1, 0.15) is 24.8 Å². The van der Waals surface area contributed by atoms with Crippen LogP contribution >= 0.6 is 11.6 Å². The smallest absolute Gasteiger partial charge is 0.253 e. The van der Waals surface area contributed by atoms with Gasteiger partial charge in [-0.1, -0.05) is 11.6 Å². The van der Waals surface area contributed by atoms with Gasteiger partial charge in [-0.15, -0.1) is 0 Å². The lowest BCUT2D eigenvalue weighted by atomic mass is 10.1. The van der Waals surface area contributed by atoms with Gasteiger partial charge in [-0.3, -0.25) is 4.79 Å². The number of imidazole rings is 1. The molecule has 6 heteroatoms. The van der Waals surface area contributed by atoms with Gasteiger partial charge < -0.3 is 13.9 Å². The molecule has 2 aromatic heterocycles. The predicted octanol–water partition coefficient (Wildman–Crippen LogP) is 2.78. The van der Waals surface area contributed by atoms with Crippen LogP contribution in [0.15, 0.2) is 23.3 Å². The first kappa shape index (κ1) is 15.3. The van der Waals surface area contributed by atoms with Crippen LogP contribution in [0, 0.1) is 6.92 Å². The first-order valence-electron chi connectivity index (χ1n) is 7.56. The lowest BCUT2D eigenvalue weighted by Crippen LogP contribution is -2.24. The van der Waals surface area contributed by atoms with Crippen molar-refractivity contribution in [1.82, 2.24) is 14.1 Å². The average Bonchev–Trinajstić information content (AvgIpc) is 2.86. The normalized spacial score (nSPS) is 18.6. The largest absolute Gasteiger partial charge is 0.376 e. The van der Waals surface area contributed by atoms with Crippen LogP contribution in [0.2, 0.25) is 5.15 Å². The van der Waals surface area contributed by atoms with Crippen LogP contribution in [0.3, 0.4) is 0 Å². The van der Waals surface area contributed by atoms with Crippen molar-refractivity contribution in [2.75, 3.05) is 6.61 Å². The molecule has 0 N–H and O–H groups in total. The molecular weight excluding hydrogens is 302 g/mol. The zero-order valence-corrected chi connectivity index (χ0v) is 13.6. The Morgan fingerprint density at radius 2 is 2.23 bits per heavy atom. The van der Waals surface area contributed by atoms with Gasteiger partial charge in [-0.2, -0.15) is 0 Å². The van der Waals surface area contributed by atoms with Crippen molar-refractivity contribution in [3.8, 4) is 11.4 Å². The van der Waals surface area contributed by atoms with E-state index < -0.39 is 0 Å². The highest BCUT2D eigenvalue weighted by molar-refractivity contribution is 6.29. The van der Waals surface area contributed by atoms with Crippen LogP contribution in [0.25, 0.3) is 11.4 Å². The van der Waals surface area contributed by atoms with Gasteiger partial charge >= 0.3 is 0 Å². The van der Waals surface area contributed by atoms with E-state index in [1.165, 1.54) is 6.42 Å². The summed E-state index contributed by atoms with van der Waals surface area (Å²) in [5, 5.41) is 0.456. The molecular formula is C16H20ClN3O2. The minimum absolute atomic E-state index is 0.00330. The van der Waals surface area contributed by atoms with E-state index in [4.69, 9.17) is 16.3 Å². The molecule has 118 valence electrons. The van der Waals surface area contributed by atoms with E-state index in [-0.39, 0.29) is 11.7 Å². The van der Waals surface area contributed by atoms with E-state index in [0.717, 1.165) is 37.4 Å². The van der Waals surface area contributed by atoms with E-state index in [0.29, 0.717) is 10.7 Å². The Hall–Kier alpha value is -1.59. The summed E-state index contributed by atoms with van der Waals surface area (Å²) in [6, 6.07) is 1.86. The highest BCUT2D eigenvalue weighted by Gasteiger charge is 2.18. The molecule has 1 fully saturated rings. The quantitative estimate of drug-likeness (QED) is 0.873. The summed E-state index contributed by atoms with van der Waals surface area (Å²) in [6.07, 6.45) is 7.21. The van der Waals surface area contributed by atoms with Crippen molar-refractivity contribution in [2.45, 2.75) is 38.8 Å². The summed E-state index contributed by atoms with van der Waals surface area (Å²) in [6.45, 7) is 3.36. The summed E-state index contributed by atoms with van der Waals surface area (Å²) in [5.41, 5.74) is 1.59. The van der Waals surface area contributed by atoms with Gasteiger partial charge in [0.2, 0.25) is 0 Å². The van der Waals surface area contributed by atoms with E-state index in [1.54, 1.807) is 17.8 Å². The highest BCUT2D eigenvalue weighted by Crippen LogP contribution is 2.23. The van der Waals surface area contributed by atoms with Crippen LogP contribution in [0.4, 0.5) is 0 Å². The molecule has 1 unspecified atom stereocenters. The van der Waals surface area contributed by atoms with Gasteiger partial charge in [0.15, 0.2) is 0 Å². The lowest BCUT2D eigenvalue weighted by molar-refractivity contribution is 0.00624. The fraction of sp³-hybridized carbons (Fsp3) is 0.500. The minimum Gasteiger partial charge on any atom is -0.376 e. The molecule has 1 atom stereocenters. The van der Waals surface area contributed by atoms with Gasteiger partial charge in [0.05, 0.1) is 12.6 Å². The number of nitrogens with zero attached hydrogens (tertiary/aromatic N) is 3. The van der Waals surface area contributed by atoms with E-state index in [2.05, 4.69) is 4.98 Å². The maximum absolute atomic E-state index is 11.8. The molecule has 5 nitrogen and oxygen atoms in total. The molecule has 0 saturated carbocycles. The number of ether oxygens (including phenoxy) is 1. The Balaban J connectivity index is 1.95. The Morgan fingerprint density at radius 1 is 1.41 bits per heavy atom. The third-order valence-electron chi connectivity index (χ3n) is 4.04. The number of hydrogen-bond donors (Lipinski definition) is 0. The van der Waals surface area contributed by atoms with Gasteiger partial charge in [0.25, 0.3) is 5.56 Å². The number of aromatic nitrogens is 3. The van der Waals surface area contributed by atoms with Crippen LogP contribution in [0.5, 0.6) is 0 Å². The third kappa shape index (κ3) is 3.10. The van der Waals surface area contributed by atoms with Crippen molar-refractivity contribution in [2.24, 2.45) is 7.05 Å². The Kier molecular flexibility index (Phi) is 4.36. The number of aryl methyl sites for hydroxylation is 2. The zero-order chi connectivity index (χ0) is 15.7. The van der Waals surface area contributed by atoms with Gasteiger partial charge in [0, 0.05) is 37.2 Å². The predicted molar refractivity (Wildman–Crippen MR) is 86.2 cm³/mol. The Bertz CT molecular complexity index is 703. The monoisotopic (exact) mass is 321 g/mol. The molecule has 2 aromatic rings. The molecule has 0 radical (unpaired) electrons. The lowest BCUT2D eigenvalue weighted by Gasteiger charge is -2.23. The molecule has 1 aliphatic heterocycles. The van der Waals surface area contributed by atoms with Crippen molar-refractivity contribution in [1.29, 1.82) is 0 Å². The summed E-state index contributed by atoms with van der Waals surface area (Å²) in [7, 11) is 1.75. The molecule has 0 amide bonds. The second-order valence-corrected chi connectivity index (χ2v) is 6.24. The van der Waals surface area contributed by atoms with E-state index >= 15 is 0 Å². The number of halogens is 1. The van der Waals surface area contributed by atoms with Gasteiger partial charge in [-0.25, -0.2) is 4.98 Å². The molecule has 1 aliphatic rings. The van der Waals surface area contributed by atoms with Crippen molar-refractivity contribution < 1.29 is 4.74 Å². The van der Waals surface area contributed by atoms with Crippen molar-refractivity contribution in [3.05, 3.63) is 39.5 Å². The summed E-state index contributed by atoms with van der Waals surface area (Å²) in [5.74, 6) is 0.776. The molecule has 22 heavy (non-hydrogen) atoms. The highest BCUT2D eigenvalue weighted by atomic mass is 35.5. The maximum atomic E-state index is 11.8. The maximum Gasteiger partial charge on any atom is 0.253 e. The second kappa shape index (κ2) is 6.26. The molecule has 0 aliphatic carbocycles. The number of pyridine rings is 1. The molecule has 0 bridgehead atoms. The van der Waals surface area contributed by atoms with Gasteiger partial charge in [-0.05, 0) is 32.3 Å². The topological polar surface area (TPSA) is 49.0 Å². The SMILES string of the molecule is Cc1cc(-c2nc(Cl)cn2CC2CCCCO2)cn(C)c1=O. The van der Waals surface area contributed by atoms with Crippen LogP contribution < -0.4 is 5.56 Å². The van der Waals surface area contributed by atoms with Crippen LogP contribution in [-0.4, -0.2) is 26.8 Å². The first-order chi connectivity index (χ1) is 10.5. The van der Waals surface area contributed by atoms with Gasteiger partial charge in [0.1, 0.15) is 11.0 Å². The van der Waals surface area contributed by atoms with E-state index in [1.807, 2.05) is 23.8 Å². The molecule has 1 saturated heterocycles. The number of hydrogen-bond acceptors (Lipinski definition) is 3. The molecule has 3 rings (SSSR count). The van der Waals surface area contributed by atoms with E-state index in [9.17, 15) is 4.79 Å². The van der Waals surface area contributed by atoms with Crippen molar-refractivity contribution >= 4 is 11.6 Å². The zero-order valence-electron chi connectivity index (χ0n) is 12.9. The molecule has 0 spiro atoms. The Labute approximate surface area is 134 Å². The number of rotatable bonds is 3. The first-order valence-corrected chi connectivity index (χ1v) is 7.94.